The molecule has 0 saturated heterocycles. The van der Waals surface area contributed by atoms with E-state index >= 15 is 0 Å². The van der Waals surface area contributed by atoms with Crippen LogP contribution in [0.25, 0.3) is 42.6 Å². The van der Waals surface area contributed by atoms with Crippen LogP contribution in [-0.4, -0.2) is 22.1 Å². The van der Waals surface area contributed by atoms with E-state index in [1.165, 1.54) is 30.9 Å². The topological polar surface area (TPSA) is 50.2 Å². The van der Waals surface area contributed by atoms with Crippen molar-refractivity contribution >= 4 is 38.0 Å². The van der Waals surface area contributed by atoms with Gasteiger partial charge in [0, 0.05) is 59.5 Å². The van der Waals surface area contributed by atoms with Gasteiger partial charge in [0.1, 0.15) is 0 Å². The number of halogens is 3. The molecule has 0 unspecified atom stereocenters. The van der Waals surface area contributed by atoms with Crippen molar-refractivity contribution in [3.63, 3.8) is 0 Å². The third-order valence-electron chi connectivity index (χ3n) is 11.2. The molecule has 3 nitrogen and oxygen atoms in total. The van der Waals surface area contributed by atoms with E-state index in [0.717, 1.165) is 42.7 Å². The third kappa shape index (κ3) is 11.3. The Morgan fingerprint density at radius 1 is 0.810 bits per heavy atom. The van der Waals surface area contributed by atoms with Crippen molar-refractivity contribution in [2.75, 3.05) is 0 Å². The van der Waals surface area contributed by atoms with Gasteiger partial charge in [-0.1, -0.05) is 143 Å². The second-order valence-corrected chi connectivity index (χ2v) is 19.8. The Balaban J connectivity index is 0.000000384. The number of alkyl halides is 3. The molecule has 2 aromatic heterocycles. The van der Waals surface area contributed by atoms with Gasteiger partial charge >= 0.3 is 6.18 Å². The van der Waals surface area contributed by atoms with Gasteiger partial charge in [0.15, 0.2) is 5.78 Å². The van der Waals surface area contributed by atoms with Gasteiger partial charge in [0.25, 0.3) is 0 Å². The number of carbonyl (C=O) groups excluding carboxylic acids is 1. The number of hydrogen-bond donors (Lipinski definition) is 1. The summed E-state index contributed by atoms with van der Waals surface area (Å²) in [5, 5.41) is 13.7. The largest absolute Gasteiger partial charge is 0.512 e. The number of aliphatic hydroxyl groups excluding tert-OH is 1. The minimum Gasteiger partial charge on any atom is -0.512 e. The molecule has 0 bridgehead atoms. The molecule has 0 atom stereocenters. The second kappa shape index (κ2) is 19.4. The summed E-state index contributed by atoms with van der Waals surface area (Å²) in [5.41, 5.74) is 4.14. The minimum absolute atomic E-state index is 0. The first kappa shape index (κ1) is 49.0. The zero-order valence-electron chi connectivity index (χ0n) is 36.8. The summed E-state index contributed by atoms with van der Waals surface area (Å²) in [6.07, 6.45) is -0.966. The summed E-state index contributed by atoms with van der Waals surface area (Å²) >= 11 is 1.68. The standard InChI is InChI=1S/C33H31F3NS.C17H32O2.Ir/c1-20-25-15-16-37-28(24-17-23-9-7-8-10-26(23)27(18-24)31(2,3)4)30(25)38-29(20)22-13-11-21(12-14-22)19-32(5,6)33(34,35)36;1-10(2)16(11(3)4)14(18)9-15(19)17(12(5)6)13(7)8;/h7-16,18H,19H2,1-6H3;9-13,16-18H,1-8H3;/q-1;;/b;14-9-;. The smallest absolute Gasteiger partial charge is 0.394 e. The normalized spacial score (nSPS) is 13.0. The van der Waals surface area contributed by atoms with Crippen molar-refractivity contribution in [1.29, 1.82) is 0 Å². The molecule has 1 N–H and O–H groups in total. The van der Waals surface area contributed by atoms with Gasteiger partial charge in [0.2, 0.25) is 0 Å². The van der Waals surface area contributed by atoms with Crippen molar-refractivity contribution in [2.45, 2.75) is 115 Å². The Morgan fingerprint density at radius 2 is 1.36 bits per heavy atom. The van der Waals surface area contributed by atoms with Crippen molar-refractivity contribution < 1.29 is 43.2 Å². The van der Waals surface area contributed by atoms with Crippen LogP contribution < -0.4 is 0 Å². The molecular weight excluding hydrogens is 928 g/mol. The van der Waals surface area contributed by atoms with Gasteiger partial charge in [0.05, 0.1) is 11.2 Å². The number of thiophene rings is 1. The Labute approximate surface area is 363 Å². The number of aromatic nitrogens is 1. The molecule has 0 fully saturated rings. The molecule has 317 valence electrons. The number of ketones is 1. The average molecular weight is 991 g/mol. The molecule has 0 amide bonds. The average Bonchev–Trinajstić information content (AvgIpc) is 3.42. The zero-order chi connectivity index (χ0) is 42.8. The Bertz CT molecular complexity index is 2170. The van der Waals surface area contributed by atoms with Crippen LogP contribution >= 0.6 is 11.3 Å². The minimum atomic E-state index is -4.25. The number of allylic oxidation sites excluding steroid dienone is 2. The molecule has 5 aromatic rings. The fourth-order valence-electron chi connectivity index (χ4n) is 8.20. The monoisotopic (exact) mass is 991 g/mol. The molecule has 0 spiro atoms. The Morgan fingerprint density at radius 3 is 1.88 bits per heavy atom. The predicted octanol–water partition coefficient (Wildman–Crippen LogP) is 15.2. The van der Waals surface area contributed by atoms with Crippen LogP contribution in [0.5, 0.6) is 0 Å². The van der Waals surface area contributed by atoms with Crippen LogP contribution in [0.2, 0.25) is 0 Å². The van der Waals surface area contributed by atoms with E-state index in [9.17, 15) is 23.1 Å². The maximum Gasteiger partial charge on any atom is 0.394 e. The van der Waals surface area contributed by atoms with E-state index in [1.54, 1.807) is 11.3 Å². The summed E-state index contributed by atoms with van der Waals surface area (Å²) in [7, 11) is 0. The summed E-state index contributed by atoms with van der Waals surface area (Å²) in [5.74, 6) is 1.63. The fourth-order valence-corrected chi connectivity index (χ4v) is 9.51. The first-order valence-corrected chi connectivity index (χ1v) is 21.1. The van der Waals surface area contributed by atoms with E-state index < -0.39 is 11.6 Å². The predicted molar refractivity (Wildman–Crippen MR) is 236 cm³/mol. The van der Waals surface area contributed by atoms with E-state index in [4.69, 9.17) is 4.98 Å². The number of aryl methyl sites for hydroxylation is 1. The van der Waals surface area contributed by atoms with Gasteiger partial charge in [-0.15, -0.1) is 40.5 Å². The van der Waals surface area contributed by atoms with E-state index in [1.807, 2.05) is 42.6 Å². The summed E-state index contributed by atoms with van der Waals surface area (Å²) in [4.78, 5) is 18.3. The van der Waals surface area contributed by atoms with Crippen LogP contribution in [0, 0.1) is 53.9 Å². The maximum absolute atomic E-state index is 13.4. The number of rotatable bonds is 11. The molecule has 1 radical (unpaired) electrons. The molecule has 0 aliphatic carbocycles. The number of pyridine rings is 1. The third-order valence-corrected chi connectivity index (χ3v) is 12.5. The van der Waals surface area contributed by atoms with E-state index in [-0.39, 0.29) is 55.3 Å². The zero-order valence-corrected chi connectivity index (χ0v) is 40.0. The first-order chi connectivity index (χ1) is 26.3. The summed E-state index contributed by atoms with van der Waals surface area (Å²) < 4.78 is 41.2. The van der Waals surface area contributed by atoms with Gasteiger partial charge in [-0.25, -0.2) is 0 Å². The van der Waals surface area contributed by atoms with Crippen molar-refractivity contribution in [3.05, 3.63) is 101 Å². The van der Waals surface area contributed by atoms with Crippen molar-refractivity contribution in [2.24, 2.45) is 40.9 Å². The first-order valence-electron chi connectivity index (χ1n) is 20.3. The van der Waals surface area contributed by atoms with Gasteiger partial charge in [-0.3, -0.25) is 9.78 Å². The van der Waals surface area contributed by atoms with E-state index in [0.29, 0.717) is 29.2 Å². The molecular formula is C50H63F3IrNO2S-. The SMILES string of the molecule is CC(C)C(C(=O)/C=C(\O)C(C(C)C)C(C)C)C(C)C.Cc1c(-c2ccc(CC(C)(C)C(F)(F)F)cc2)sc2c(-c3[c-]c4ccccc4c(C(C)(C)C)c3)nccc12.[Ir]. The van der Waals surface area contributed by atoms with Gasteiger partial charge in [-0.05, 0) is 70.6 Å². The number of carbonyl (C=O) groups is 1. The van der Waals surface area contributed by atoms with Crippen LogP contribution in [0.15, 0.2) is 78.7 Å². The molecule has 0 saturated carbocycles. The van der Waals surface area contributed by atoms with Crippen molar-refractivity contribution in [3.8, 4) is 21.7 Å². The van der Waals surface area contributed by atoms with Crippen LogP contribution in [0.4, 0.5) is 13.2 Å². The molecule has 58 heavy (non-hydrogen) atoms. The number of benzene rings is 3. The molecule has 0 aliphatic rings. The molecule has 5 rings (SSSR count). The number of nitrogens with zero attached hydrogens (tertiary/aromatic N) is 1. The quantitative estimate of drug-likeness (QED) is 0.0815. The van der Waals surface area contributed by atoms with Crippen LogP contribution in [0.3, 0.4) is 0 Å². The Kier molecular flexibility index (Phi) is 16.4. The molecule has 0 aliphatic heterocycles. The number of aliphatic hydroxyl groups is 1. The summed E-state index contributed by atoms with van der Waals surface area (Å²) in [6, 6.07) is 23.7. The number of fused-ring (bicyclic) bond motifs is 2. The van der Waals surface area contributed by atoms with Crippen LogP contribution in [0.1, 0.15) is 107 Å². The fraction of sp³-hybridized carbons (Fsp3) is 0.480. The van der Waals surface area contributed by atoms with Gasteiger partial charge in [-0.2, -0.15) is 13.2 Å². The van der Waals surface area contributed by atoms with Crippen LogP contribution in [-0.2, 0) is 36.7 Å². The maximum atomic E-state index is 13.4. The molecule has 3 aromatic carbocycles. The van der Waals surface area contributed by atoms with Gasteiger partial charge < -0.3 is 5.11 Å². The van der Waals surface area contributed by atoms with Crippen molar-refractivity contribution in [1.82, 2.24) is 4.98 Å². The molecule has 2 heterocycles. The number of hydrogen-bond acceptors (Lipinski definition) is 4. The Hall–Kier alpha value is -3.32. The summed E-state index contributed by atoms with van der Waals surface area (Å²) in [6.45, 7) is 27.9. The molecule has 8 heteroatoms. The van der Waals surface area contributed by atoms with E-state index in [2.05, 4.69) is 113 Å². The second-order valence-electron chi connectivity index (χ2n) is 18.7.